The summed E-state index contributed by atoms with van der Waals surface area (Å²) in [5.74, 6) is 3.29. The molecule has 88 valence electrons. The largest absolute Gasteiger partial charge is 0.0651 e. The Bertz CT molecular complexity index is 167. The van der Waals surface area contributed by atoms with Gasteiger partial charge in [-0.05, 0) is 30.6 Å². The molecule has 0 spiro atoms. The minimum absolute atomic E-state index is 1.08. The molecule has 0 bridgehead atoms. The van der Waals surface area contributed by atoms with Crippen LogP contribution in [0.4, 0.5) is 0 Å². The number of hydrogen-bond donors (Lipinski definition) is 0. The van der Waals surface area contributed by atoms with Crippen molar-refractivity contribution in [1.29, 1.82) is 0 Å². The fraction of sp³-hybridized carbons (Fsp3) is 1.00. The third-order valence-electron chi connectivity index (χ3n) is 4.86. The minimum Gasteiger partial charge on any atom is -0.0651 e. The summed E-state index contributed by atoms with van der Waals surface area (Å²) in [5.41, 5.74) is 0. The van der Waals surface area contributed by atoms with Gasteiger partial charge in [-0.2, -0.15) is 0 Å². The van der Waals surface area contributed by atoms with Crippen molar-refractivity contribution < 1.29 is 0 Å². The summed E-state index contributed by atoms with van der Waals surface area (Å²) in [6, 6.07) is 0. The predicted octanol–water partition coefficient (Wildman–Crippen LogP) is 5.17. The van der Waals surface area contributed by atoms with E-state index in [9.17, 15) is 0 Å². The highest BCUT2D eigenvalue weighted by atomic mass is 14.3. The predicted molar refractivity (Wildman–Crippen MR) is 66.9 cm³/mol. The first-order valence-corrected chi connectivity index (χ1v) is 7.38. The molecule has 0 aromatic carbocycles. The molecule has 0 aromatic heterocycles. The van der Waals surface area contributed by atoms with Gasteiger partial charge < -0.3 is 0 Å². The third-order valence-corrected chi connectivity index (χ3v) is 4.86. The summed E-state index contributed by atoms with van der Waals surface area (Å²) in [5, 5.41) is 0. The van der Waals surface area contributed by atoms with Crippen molar-refractivity contribution in [2.24, 2.45) is 17.8 Å². The fourth-order valence-corrected chi connectivity index (χ4v) is 3.88. The first-order valence-electron chi connectivity index (χ1n) is 7.38. The summed E-state index contributed by atoms with van der Waals surface area (Å²) in [7, 11) is 0. The first kappa shape index (κ1) is 11.5. The number of hydrogen-bond acceptors (Lipinski definition) is 0. The standard InChI is InChI=1S/C15H28/c1-2-13-9-6-10-15(11-13)12-14-7-4-3-5-8-14/h13-15H,2-12H2,1H3. The Hall–Kier alpha value is 0. The van der Waals surface area contributed by atoms with E-state index >= 15 is 0 Å². The molecule has 0 amide bonds. The number of rotatable bonds is 3. The molecule has 0 saturated heterocycles. The maximum Gasteiger partial charge on any atom is -0.0409 e. The highest BCUT2D eigenvalue weighted by molar-refractivity contribution is 4.76. The van der Waals surface area contributed by atoms with Gasteiger partial charge in [0.15, 0.2) is 0 Å². The molecular formula is C15H28. The van der Waals surface area contributed by atoms with Crippen molar-refractivity contribution in [2.45, 2.75) is 77.6 Å². The van der Waals surface area contributed by atoms with Crippen molar-refractivity contribution in [3.63, 3.8) is 0 Å². The highest BCUT2D eigenvalue weighted by Crippen LogP contribution is 2.37. The van der Waals surface area contributed by atoms with Crippen LogP contribution in [0.3, 0.4) is 0 Å². The molecule has 0 radical (unpaired) electrons. The monoisotopic (exact) mass is 208 g/mol. The molecule has 2 unspecified atom stereocenters. The summed E-state index contributed by atoms with van der Waals surface area (Å²) in [6.07, 6.45) is 16.8. The first-order chi connectivity index (χ1) is 7.38. The average molecular weight is 208 g/mol. The maximum atomic E-state index is 2.38. The van der Waals surface area contributed by atoms with Crippen LogP contribution in [0.5, 0.6) is 0 Å². The van der Waals surface area contributed by atoms with Crippen LogP contribution in [0.25, 0.3) is 0 Å². The lowest BCUT2D eigenvalue weighted by molar-refractivity contribution is 0.201. The van der Waals surface area contributed by atoms with Gasteiger partial charge in [-0.1, -0.05) is 64.7 Å². The van der Waals surface area contributed by atoms with Crippen LogP contribution in [0, 0.1) is 17.8 Å². The zero-order valence-corrected chi connectivity index (χ0v) is 10.5. The van der Waals surface area contributed by atoms with E-state index in [1.165, 1.54) is 38.5 Å². The summed E-state index contributed by atoms with van der Waals surface area (Å²) in [6.45, 7) is 2.38. The molecule has 0 N–H and O–H groups in total. The SMILES string of the molecule is CCC1CCCC(CC2CCCCC2)C1. The molecule has 15 heavy (non-hydrogen) atoms. The summed E-state index contributed by atoms with van der Waals surface area (Å²) in [4.78, 5) is 0. The molecule has 2 atom stereocenters. The lowest BCUT2D eigenvalue weighted by Gasteiger charge is -2.32. The van der Waals surface area contributed by atoms with Gasteiger partial charge >= 0.3 is 0 Å². The lowest BCUT2D eigenvalue weighted by atomic mass is 9.74. The van der Waals surface area contributed by atoms with Crippen LogP contribution in [-0.4, -0.2) is 0 Å². The van der Waals surface area contributed by atoms with Crippen LogP contribution in [0.1, 0.15) is 77.6 Å². The van der Waals surface area contributed by atoms with E-state index in [1.807, 2.05) is 0 Å². The molecule has 0 heteroatoms. The van der Waals surface area contributed by atoms with Gasteiger partial charge in [0.25, 0.3) is 0 Å². The highest BCUT2D eigenvalue weighted by Gasteiger charge is 2.24. The molecule has 0 aliphatic heterocycles. The fourth-order valence-electron chi connectivity index (χ4n) is 3.88. The molecular weight excluding hydrogens is 180 g/mol. The molecule has 0 nitrogen and oxygen atoms in total. The smallest absolute Gasteiger partial charge is 0.0409 e. The zero-order chi connectivity index (χ0) is 10.5. The Morgan fingerprint density at radius 3 is 2.13 bits per heavy atom. The molecule has 0 heterocycles. The van der Waals surface area contributed by atoms with E-state index in [-0.39, 0.29) is 0 Å². The van der Waals surface area contributed by atoms with Gasteiger partial charge in [0.1, 0.15) is 0 Å². The van der Waals surface area contributed by atoms with Crippen molar-refractivity contribution in [3.8, 4) is 0 Å². The van der Waals surface area contributed by atoms with Crippen LogP contribution in [0.15, 0.2) is 0 Å². The molecule has 2 aliphatic rings. The second-order valence-electron chi connectivity index (χ2n) is 6.05. The Balaban J connectivity index is 1.72. The summed E-state index contributed by atoms with van der Waals surface area (Å²) >= 11 is 0. The molecule has 2 saturated carbocycles. The second kappa shape index (κ2) is 5.92. The molecule has 2 fully saturated rings. The van der Waals surface area contributed by atoms with Crippen LogP contribution >= 0.6 is 0 Å². The van der Waals surface area contributed by atoms with Crippen molar-refractivity contribution in [1.82, 2.24) is 0 Å². The molecule has 2 rings (SSSR count). The van der Waals surface area contributed by atoms with Crippen LogP contribution < -0.4 is 0 Å². The quantitative estimate of drug-likeness (QED) is 0.600. The van der Waals surface area contributed by atoms with Gasteiger partial charge in [-0.15, -0.1) is 0 Å². The molecule has 0 aromatic rings. The van der Waals surface area contributed by atoms with Crippen molar-refractivity contribution >= 4 is 0 Å². The summed E-state index contributed by atoms with van der Waals surface area (Å²) < 4.78 is 0. The third kappa shape index (κ3) is 3.50. The minimum atomic E-state index is 1.08. The van der Waals surface area contributed by atoms with E-state index in [4.69, 9.17) is 0 Å². The Kier molecular flexibility index (Phi) is 4.53. The van der Waals surface area contributed by atoms with E-state index in [0.29, 0.717) is 0 Å². The van der Waals surface area contributed by atoms with Gasteiger partial charge in [-0.3, -0.25) is 0 Å². The van der Waals surface area contributed by atoms with Crippen molar-refractivity contribution in [2.75, 3.05) is 0 Å². The second-order valence-corrected chi connectivity index (χ2v) is 6.05. The van der Waals surface area contributed by atoms with E-state index in [0.717, 1.165) is 17.8 Å². The van der Waals surface area contributed by atoms with E-state index < -0.39 is 0 Å². The van der Waals surface area contributed by atoms with Crippen LogP contribution in [0.2, 0.25) is 0 Å². The van der Waals surface area contributed by atoms with E-state index in [1.54, 1.807) is 32.1 Å². The zero-order valence-electron chi connectivity index (χ0n) is 10.5. The maximum absolute atomic E-state index is 2.38. The normalized spacial score (nSPS) is 34.2. The van der Waals surface area contributed by atoms with Crippen molar-refractivity contribution in [3.05, 3.63) is 0 Å². The molecule has 2 aliphatic carbocycles. The Labute approximate surface area is 95.8 Å². The lowest BCUT2D eigenvalue weighted by Crippen LogP contribution is -2.19. The Morgan fingerprint density at radius 1 is 0.733 bits per heavy atom. The van der Waals surface area contributed by atoms with Gasteiger partial charge in [0, 0.05) is 0 Å². The van der Waals surface area contributed by atoms with Gasteiger partial charge in [-0.25, -0.2) is 0 Å². The van der Waals surface area contributed by atoms with Gasteiger partial charge in [0.2, 0.25) is 0 Å². The topological polar surface area (TPSA) is 0 Å². The van der Waals surface area contributed by atoms with Gasteiger partial charge in [0.05, 0.1) is 0 Å². The Morgan fingerprint density at radius 2 is 1.40 bits per heavy atom. The van der Waals surface area contributed by atoms with Crippen LogP contribution in [-0.2, 0) is 0 Å². The average Bonchev–Trinajstić information content (AvgIpc) is 2.31. The van der Waals surface area contributed by atoms with E-state index in [2.05, 4.69) is 6.92 Å².